The molecular formula is C10H6F5NO2S. The van der Waals surface area contributed by atoms with Crippen LogP contribution < -0.4 is 5.32 Å². The third-order valence-corrected chi connectivity index (χ3v) is 3.82. The summed E-state index contributed by atoms with van der Waals surface area (Å²) >= 11 is 0.756. The van der Waals surface area contributed by atoms with Gasteiger partial charge in [0.2, 0.25) is 5.82 Å². The zero-order valence-corrected chi connectivity index (χ0v) is 9.83. The van der Waals surface area contributed by atoms with Crippen molar-refractivity contribution in [2.45, 2.75) is 11.4 Å². The van der Waals surface area contributed by atoms with Gasteiger partial charge in [-0.15, -0.1) is 11.8 Å². The number of aliphatic carboxylic acids is 1. The number of carboxylic acids is 1. The molecule has 0 radical (unpaired) electrons. The Hall–Kier alpha value is -1.35. The summed E-state index contributed by atoms with van der Waals surface area (Å²) in [5.41, 5.74) is -1.05. The van der Waals surface area contributed by atoms with E-state index in [-0.39, 0.29) is 5.75 Å². The molecule has 19 heavy (non-hydrogen) atoms. The summed E-state index contributed by atoms with van der Waals surface area (Å²) in [4.78, 5) is 10.7. The second-order valence-corrected chi connectivity index (χ2v) is 4.89. The van der Waals surface area contributed by atoms with E-state index in [2.05, 4.69) is 5.32 Å². The highest BCUT2D eigenvalue weighted by Gasteiger charge is 2.37. The lowest BCUT2D eigenvalue weighted by molar-refractivity contribution is -0.138. The van der Waals surface area contributed by atoms with Crippen LogP contribution in [0.25, 0.3) is 0 Å². The van der Waals surface area contributed by atoms with E-state index in [1.165, 1.54) is 0 Å². The van der Waals surface area contributed by atoms with E-state index in [9.17, 15) is 26.7 Å². The van der Waals surface area contributed by atoms with Crippen LogP contribution in [0.2, 0.25) is 0 Å². The molecule has 1 aromatic rings. The van der Waals surface area contributed by atoms with E-state index in [0.717, 1.165) is 11.8 Å². The Morgan fingerprint density at radius 3 is 1.95 bits per heavy atom. The predicted molar refractivity (Wildman–Crippen MR) is 56.0 cm³/mol. The van der Waals surface area contributed by atoms with Crippen LogP contribution in [0.3, 0.4) is 0 Å². The highest BCUT2D eigenvalue weighted by Crippen LogP contribution is 2.37. The molecule has 3 nitrogen and oxygen atoms in total. The molecule has 2 rings (SSSR count). The van der Waals surface area contributed by atoms with Gasteiger partial charge in [-0.05, 0) is 0 Å². The molecule has 1 aromatic carbocycles. The van der Waals surface area contributed by atoms with Crippen LogP contribution in [-0.2, 0) is 4.79 Å². The Labute approximate surface area is 107 Å². The topological polar surface area (TPSA) is 49.3 Å². The van der Waals surface area contributed by atoms with Gasteiger partial charge >= 0.3 is 5.97 Å². The monoisotopic (exact) mass is 299 g/mol. The van der Waals surface area contributed by atoms with Crippen LogP contribution in [0.1, 0.15) is 10.9 Å². The molecule has 2 N–H and O–H groups in total. The van der Waals surface area contributed by atoms with Gasteiger partial charge in [-0.3, -0.25) is 10.1 Å². The largest absolute Gasteiger partial charge is 0.480 e. The molecule has 1 saturated heterocycles. The third-order valence-electron chi connectivity index (χ3n) is 2.59. The maximum Gasteiger partial charge on any atom is 0.321 e. The lowest BCUT2D eigenvalue weighted by Gasteiger charge is -2.14. The van der Waals surface area contributed by atoms with Crippen molar-refractivity contribution in [1.29, 1.82) is 0 Å². The van der Waals surface area contributed by atoms with Gasteiger partial charge in [-0.1, -0.05) is 0 Å². The van der Waals surface area contributed by atoms with Crippen molar-refractivity contribution in [3.05, 3.63) is 34.6 Å². The van der Waals surface area contributed by atoms with E-state index in [1.807, 2.05) is 0 Å². The molecule has 0 unspecified atom stereocenters. The first kappa shape index (κ1) is 14.1. The van der Waals surface area contributed by atoms with Crippen LogP contribution in [0, 0.1) is 29.1 Å². The first-order chi connectivity index (χ1) is 8.84. The van der Waals surface area contributed by atoms with Crippen LogP contribution in [0.4, 0.5) is 22.0 Å². The molecule has 0 saturated carbocycles. The number of hydrogen-bond acceptors (Lipinski definition) is 3. The van der Waals surface area contributed by atoms with E-state index in [1.54, 1.807) is 0 Å². The number of carbonyl (C=O) groups is 1. The molecule has 1 aliphatic heterocycles. The fourth-order valence-corrected chi connectivity index (χ4v) is 2.89. The Kier molecular flexibility index (Phi) is 3.68. The first-order valence-corrected chi connectivity index (χ1v) is 6.01. The highest BCUT2D eigenvalue weighted by molar-refractivity contribution is 7.99. The van der Waals surface area contributed by atoms with Crippen molar-refractivity contribution in [2.24, 2.45) is 0 Å². The quantitative estimate of drug-likeness (QED) is 0.499. The number of halogens is 5. The lowest BCUT2D eigenvalue weighted by Crippen LogP contribution is -2.34. The van der Waals surface area contributed by atoms with Gasteiger partial charge in [0.05, 0.1) is 10.9 Å². The molecule has 1 heterocycles. The average molecular weight is 299 g/mol. The molecule has 0 amide bonds. The van der Waals surface area contributed by atoms with Gasteiger partial charge in [0.15, 0.2) is 23.3 Å². The smallest absolute Gasteiger partial charge is 0.321 e. The Morgan fingerprint density at radius 2 is 1.53 bits per heavy atom. The zero-order valence-electron chi connectivity index (χ0n) is 9.02. The normalized spacial score (nSPS) is 22.8. The van der Waals surface area contributed by atoms with Gasteiger partial charge in [-0.2, -0.15) is 0 Å². The van der Waals surface area contributed by atoms with Crippen molar-refractivity contribution >= 4 is 17.7 Å². The molecule has 1 aliphatic rings. The number of rotatable bonds is 2. The fraction of sp³-hybridized carbons (Fsp3) is 0.300. The van der Waals surface area contributed by atoms with Gasteiger partial charge in [0, 0.05) is 5.75 Å². The molecule has 104 valence electrons. The first-order valence-electron chi connectivity index (χ1n) is 4.96. The summed E-state index contributed by atoms with van der Waals surface area (Å²) in [5, 5.41) is 9.69. The fourth-order valence-electron chi connectivity index (χ4n) is 1.63. The lowest BCUT2D eigenvalue weighted by atomic mass is 10.1. The van der Waals surface area contributed by atoms with E-state index < -0.39 is 52.0 Å². The Morgan fingerprint density at radius 1 is 1.05 bits per heavy atom. The van der Waals surface area contributed by atoms with Crippen molar-refractivity contribution in [2.75, 3.05) is 5.75 Å². The van der Waals surface area contributed by atoms with Crippen LogP contribution >= 0.6 is 11.8 Å². The molecule has 1 fully saturated rings. The minimum atomic E-state index is -2.24. The van der Waals surface area contributed by atoms with E-state index in [0.29, 0.717) is 0 Å². The van der Waals surface area contributed by atoms with Crippen LogP contribution in [0.5, 0.6) is 0 Å². The van der Waals surface area contributed by atoms with Gasteiger partial charge in [0.25, 0.3) is 0 Å². The predicted octanol–water partition coefficient (Wildman–Crippen LogP) is 2.17. The zero-order chi connectivity index (χ0) is 14.3. The summed E-state index contributed by atoms with van der Waals surface area (Å²) in [5.74, 6) is -11.5. The molecule has 0 bridgehead atoms. The maximum atomic E-state index is 13.5. The summed E-state index contributed by atoms with van der Waals surface area (Å²) in [6.07, 6.45) is 0. The van der Waals surface area contributed by atoms with Gasteiger partial charge < -0.3 is 5.11 Å². The number of carboxylic acid groups (broad SMARTS) is 1. The highest BCUT2D eigenvalue weighted by atomic mass is 32.2. The second kappa shape index (κ2) is 4.97. The van der Waals surface area contributed by atoms with Gasteiger partial charge in [0.1, 0.15) is 6.04 Å². The van der Waals surface area contributed by atoms with Crippen molar-refractivity contribution in [3.8, 4) is 0 Å². The summed E-state index contributed by atoms with van der Waals surface area (Å²) in [6.45, 7) is 0. The number of hydrogen-bond donors (Lipinski definition) is 2. The van der Waals surface area contributed by atoms with E-state index >= 15 is 0 Å². The number of benzene rings is 1. The Bertz CT molecular complexity index is 524. The maximum absolute atomic E-state index is 13.5. The van der Waals surface area contributed by atoms with Crippen molar-refractivity contribution in [1.82, 2.24) is 5.32 Å². The molecule has 2 atom stereocenters. The standard InChI is InChI=1S/C10H6F5NO2S/c11-4-3(5(12)7(14)8(15)6(4)13)9-16-2(1-19-9)10(17)18/h2,9,16H,1H2,(H,17,18)/t2-,9+/m1/s1. The second-order valence-electron chi connectivity index (χ2n) is 3.75. The third kappa shape index (κ3) is 2.27. The molecule has 9 heteroatoms. The Balaban J connectivity index is 2.44. The van der Waals surface area contributed by atoms with Crippen molar-refractivity contribution in [3.63, 3.8) is 0 Å². The SMILES string of the molecule is O=C(O)[C@H]1CS[C@@H](c2c(F)c(F)c(F)c(F)c2F)N1. The van der Waals surface area contributed by atoms with Crippen LogP contribution in [-0.4, -0.2) is 22.9 Å². The summed E-state index contributed by atoms with van der Waals surface area (Å²) in [6, 6.07) is -1.11. The van der Waals surface area contributed by atoms with Gasteiger partial charge in [-0.25, -0.2) is 22.0 Å². The molecular weight excluding hydrogens is 293 g/mol. The van der Waals surface area contributed by atoms with E-state index in [4.69, 9.17) is 5.11 Å². The number of thioether (sulfide) groups is 1. The summed E-state index contributed by atoms with van der Waals surface area (Å²) in [7, 11) is 0. The molecule has 0 spiro atoms. The number of nitrogens with one attached hydrogen (secondary N) is 1. The summed E-state index contributed by atoms with van der Waals surface area (Å²) < 4.78 is 65.8. The van der Waals surface area contributed by atoms with Crippen molar-refractivity contribution < 1.29 is 31.9 Å². The minimum Gasteiger partial charge on any atom is -0.480 e. The average Bonchev–Trinajstić information content (AvgIpc) is 2.84. The van der Waals surface area contributed by atoms with Crippen LogP contribution in [0.15, 0.2) is 0 Å². The minimum absolute atomic E-state index is 0.0422. The molecule has 0 aromatic heterocycles. The molecule has 0 aliphatic carbocycles.